The summed E-state index contributed by atoms with van der Waals surface area (Å²) in [6.07, 6.45) is 3.58. The largest absolute Gasteiger partial charge is 0.491 e. The Hall–Kier alpha value is -1.26. The summed E-state index contributed by atoms with van der Waals surface area (Å²) in [6.45, 7) is 5.08. The highest BCUT2D eigenvalue weighted by Crippen LogP contribution is 2.34. The molecule has 0 aromatic heterocycles. The number of benzene rings is 1. The van der Waals surface area contributed by atoms with E-state index in [4.69, 9.17) is 4.74 Å². The Morgan fingerprint density at radius 3 is 2.50 bits per heavy atom. The number of anilines is 1. The van der Waals surface area contributed by atoms with Crippen LogP contribution in [0.1, 0.15) is 33.1 Å². The standard InChI is InChI=1S/C17H24N2O2.ClH/c1-11(2)21-14-6-4-13(5-7-14)19-17(20)15-9-12-3-8-16(15)18-10-12;/h4-7,11-12,15-16,18H,3,8-10H2,1-2H3,(H,19,20);1H. The molecule has 0 spiro atoms. The molecule has 3 atom stereocenters. The molecule has 122 valence electrons. The summed E-state index contributed by atoms with van der Waals surface area (Å²) in [5.74, 6) is 1.77. The zero-order chi connectivity index (χ0) is 14.8. The second-order valence-electron chi connectivity index (χ2n) is 6.48. The third-order valence-electron chi connectivity index (χ3n) is 4.46. The Kier molecular flexibility index (Phi) is 5.70. The molecule has 1 aromatic carbocycles. The third-order valence-corrected chi connectivity index (χ3v) is 4.46. The van der Waals surface area contributed by atoms with Crippen molar-refractivity contribution in [3.8, 4) is 5.75 Å². The van der Waals surface area contributed by atoms with Gasteiger partial charge in [-0.3, -0.25) is 4.79 Å². The van der Waals surface area contributed by atoms with Gasteiger partial charge in [0.05, 0.1) is 12.0 Å². The van der Waals surface area contributed by atoms with Gasteiger partial charge in [0, 0.05) is 11.7 Å². The molecule has 2 heterocycles. The normalized spacial score (nSPS) is 26.4. The van der Waals surface area contributed by atoms with Gasteiger partial charge in [-0.1, -0.05) is 0 Å². The van der Waals surface area contributed by atoms with E-state index in [2.05, 4.69) is 10.6 Å². The van der Waals surface area contributed by atoms with Crippen molar-refractivity contribution in [3.63, 3.8) is 0 Å². The van der Waals surface area contributed by atoms with Gasteiger partial charge in [-0.2, -0.15) is 0 Å². The number of hydrogen-bond acceptors (Lipinski definition) is 3. The first kappa shape index (κ1) is 17.1. The fourth-order valence-corrected chi connectivity index (χ4v) is 3.42. The van der Waals surface area contributed by atoms with Crippen LogP contribution in [0.25, 0.3) is 0 Å². The van der Waals surface area contributed by atoms with Crippen LogP contribution in [0.2, 0.25) is 0 Å². The maximum absolute atomic E-state index is 12.4. The quantitative estimate of drug-likeness (QED) is 0.894. The molecule has 1 saturated carbocycles. The van der Waals surface area contributed by atoms with Crippen LogP contribution in [0.3, 0.4) is 0 Å². The summed E-state index contributed by atoms with van der Waals surface area (Å²) in [6, 6.07) is 7.98. The van der Waals surface area contributed by atoms with Gasteiger partial charge in [0.1, 0.15) is 5.75 Å². The van der Waals surface area contributed by atoms with E-state index in [0.29, 0.717) is 12.0 Å². The first-order chi connectivity index (χ1) is 10.1. The smallest absolute Gasteiger partial charge is 0.229 e. The zero-order valence-corrected chi connectivity index (χ0v) is 14.0. The summed E-state index contributed by atoms with van der Waals surface area (Å²) >= 11 is 0. The lowest BCUT2D eigenvalue weighted by Crippen LogP contribution is -2.53. The number of amides is 1. The van der Waals surface area contributed by atoms with E-state index in [1.165, 1.54) is 6.42 Å². The lowest BCUT2D eigenvalue weighted by atomic mass is 9.73. The van der Waals surface area contributed by atoms with E-state index in [0.717, 1.165) is 30.8 Å². The number of piperidine rings is 2. The summed E-state index contributed by atoms with van der Waals surface area (Å²) in [5.41, 5.74) is 0.845. The number of hydrogen-bond donors (Lipinski definition) is 2. The van der Waals surface area contributed by atoms with Gasteiger partial charge in [0.25, 0.3) is 0 Å². The zero-order valence-electron chi connectivity index (χ0n) is 13.2. The van der Waals surface area contributed by atoms with E-state index in [1.807, 2.05) is 38.1 Å². The summed E-state index contributed by atoms with van der Waals surface area (Å²) < 4.78 is 5.61. The molecule has 3 aliphatic rings. The van der Waals surface area contributed by atoms with Gasteiger partial charge in [-0.15, -0.1) is 12.4 Å². The molecule has 1 aromatic rings. The lowest BCUT2D eigenvalue weighted by molar-refractivity contribution is -0.123. The van der Waals surface area contributed by atoms with Crippen molar-refractivity contribution >= 4 is 24.0 Å². The Balaban J connectivity index is 0.00000176. The minimum absolute atomic E-state index is 0. The number of halogens is 1. The van der Waals surface area contributed by atoms with E-state index in [-0.39, 0.29) is 30.3 Å². The van der Waals surface area contributed by atoms with Crippen LogP contribution in [0.5, 0.6) is 5.75 Å². The van der Waals surface area contributed by atoms with Gasteiger partial charge in [0.15, 0.2) is 0 Å². The van der Waals surface area contributed by atoms with Crippen molar-refractivity contribution < 1.29 is 9.53 Å². The van der Waals surface area contributed by atoms with Gasteiger partial charge < -0.3 is 15.4 Å². The molecule has 4 rings (SSSR count). The lowest BCUT2D eigenvalue weighted by Gasteiger charge is -2.42. The van der Waals surface area contributed by atoms with Crippen LogP contribution in [0, 0.1) is 11.8 Å². The van der Waals surface area contributed by atoms with Crippen LogP contribution in [0.4, 0.5) is 5.69 Å². The van der Waals surface area contributed by atoms with Crippen molar-refractivity contribution in [2.45, 2.75) is 45.3 Å². The molecular formula is C17H25ClN2O2. The fourth-order valence-electron chi connectivity index (χ4n) is 3.42. The number of rotatable bonds is 4. The number of carbonyl (C=O) groups excluding carboxylic acids is 1. The van der Waals surface area contributed by atoms with E-state index >= 15 is 0 Å². The maximum atomic E-state index is 12.4. The van der Waals surface area contributed by atoms with Gasteiger partial charge in [0.2, 0.25) is 5.91 Å². The van der Waals surface area contributed by atoms with E-state index in [1.54, 1.807) is 0 Å². The molecule has 3 fully saturated rings. The summed E-state index contributed by atoms with van der Waals surface area (Å²) in [4.78, 5) is 12.4. The second-order valence-corrected chi connectivity index (χ2v) is 6.48. The molecular weight excluding hydrogens is 300 g/mol. The first-order valence-electron chi connectivity index (χ1n) is 7.93. The highest BCUT2D eigenvalue weighted by Gasteiger charge is 2.39. The van der Waals surface area contributed by atoms with Crippen LogP contribution in [-0.4, -0.2) is 24.6 Å². The molecule has 2 bridgehead atoms. The first-order valence-corrected chi connectivity index (χ1v) is 7.93. The van der Waals surface area contributed by atoms with Crippen molar-refractivity contribution in [3.05, 3.63) is 24.3 Å². The molecule has 2 N–H and O–H groups in total. The average Bonchev–Trinajstić information content (AvgIpc) is 2.50. The molecule has 5 heteroatoms. The van der Waals surface area contributed by atoms with Crippen LogP contribution in [-0.2, 0) is 4.79 Å². The van der Waals surface area contributed by atoms with Crippen molar-refractivity contribution in [2.24, 2.45) is 11.8 Å². The van der Waals surface area contributed by atoms with E-state index in [9.17, 15) is 4.79 Å². The highest BCUT2D eigenvalue weighted by atomic mass is 35.5. The monoisotopic (exact) mass is 324 g/mol. The predicted molar refractivity (Wildman–Crippen MR) is 90.7 cm³/mol. The third kappa shape index (κ3) is 3.93. The Bertz CT molecular complexity index is 496. The molecule has 1 aliphatic carbocycles. The van der Waals surface area contributed by atoms with E-state index < -0.39 is 0 Å². The number of fused-ring (bicyclic) bond motifs is 3. The number of ether oxygens (including phenoxy) is 1. The minimum atomic E-state index is 0. The predicted octanol–water partition coefficient (Wildman–Crippen LogP) is 3.22. The second kappa shape index (κ2) is 7.34. The SMILES string of the molecule is CC(C)Oc1ccc(NC(=O)C2CC3CCC2NC3)cc1.Cl. The topological polar surface area (TPSA) is 50.4 Å². The van der Waals surface area contributed by atoms with Crippen LogP contribution >= 0.6 is 12.4 Å². The van der Waals surface area contributed by atoms with Gasteiger partial charge >= 0.3 is 0 Å². The number of nitrogens with one attached hydrogen (secondary N) is 2. The van der Waals surface area contributed by atoms with Crippen LogP contribution in [0.15, 0.2) is 24.3 Å². The molecule has 22 heavy (non-hydrogen) atoms. The highest BCUT2D eigenvalue weighted by molar-refractivity contribution is 5.93. The van der Waals surface area contributed by atoms with Crippen molar-refractivity contribution in [1.29, 1.82) is 0 Å². The molecule has 2 aliphatic heterocycles. The number of carbonyl (C=O) groups is 1. The molecule has 2 saturated heterocycles. The summed E-state index contributed by atoms with van der Waals surface area (Å²) in [5, 5.41) is 6.53. The molecule has 4 nitrogen and oxygen atoms in total. The van der Waals surface area contributed by atoms with Crippen molar-refractivity contribution in [1.82, 2.24) is 5.32 Å². The van der Waals surface area contributed by atoms with Gasteiger partial charge in [-0.25, -0.2) is 0 Å². The fraction of sp³-hybridized carbons (Fsp3) is 0.588. The maximum Gasteiger partial charge on any atom is 0.229 e. The van der Waals surface area contributed by atoms with Crippen molar-refractivity contribution in [2.75, 3.05) is 11.9 Å². The molecule has 1 amide bonds. The summed E-state index contributed by atoms with van der Waals surface area (Å²) in [7, 11) is 0. The molecule has 0 radical (unpaired) electrons. The molecule has 3 unspecified atom stereocenters. The Labute approximate surface area is 138 Å². The Morgan fingerprint density at radius 2 is 2.00 bits per heavy atom. The van der Waals surface area contributed by atoms with Crippen LogP contribution < -0.4 is 15.4 Å². The van der Waals surface area contributed by atoms with Gasteiger partial charge in [-0.05, 0) is 69.8 Å². The minimum Gasteiger partial charge on any atom is -0.491 e. The Morgan fingerprint density at radius 1 is 1.27 bits per heavy atom. The average molecular weight is 325 g/mol.